The lowest BCUT2D eigenvalue weighted by atomic mass is 9.83. The lowest BCUT2D eigenvalue weighted by Crippen LogP contribution is -2.60. The summed E-state index contributed by atoms with van der Waals surface area (Å²) in [6.45, 7) is 11.8. The van der Waals surface area contributed by atoms with Gasteiger partial charge in [-0.15, -0.1) is 0 Å². The molecule has 1 aliphatic heterocycles. The van der Waals surface area contributed by atoms with Crippen molar-refractivity contribution >= 4 is 41.3 Å². The molecule has 0 spiro atoms. The Balaban J connectivity index is 1.68. The minimum absolute atomic E-state index is 0.00559. The lowest BCUT2D eigenvalue weighted by molar-refractivity contribution is -0.671. The van der Waals surface area contributed by atoms with Crippen LogP contribution in [0.2, 0.25) is 0 Å². The van der Waals surface area contributed by atoms with Crippen molar-refractivity contribution in [3.63, 3.8) is 0 Å². The first-order valence-corrected chi connectivity index (χ1v) is 21.6. The van der Waals surface area contributed by atoms with E-state index in [2.05, 4.69) is 16.0 Å². The Morgan fingerprint density at radius 1 is 0.783 bits per heavy atom. The number of carbonyl (C=O) groups is 6. The first-order valence-electron chi connectivity index (χ1n) is 21.6. The zero-order valence-electron chi connectivity index (χ0n) is 36.5. The van der Waals surface area contributed by atoms with E-state index in [0.29, 0.717) is 49.8 Å². The number of nitrogen functional groups attached to an aromatic ring is 1. The van der Waals surface area contributed by atoms with Gasteiger partial charge < -0.3 is 37.2 Å². The van der Waals surface area contributed by atoms with E-state index >= 15 is 0 Å². The molecule has 0 bridgehead atoms. The van der Waals surface area contributed by atoms with Crippen molar-refractivity contribution < 1.29 is 33.3 Å². The topological polar surface area (TPSA) is 225 Å². The molecule has 15 heteroatoms. The second kappa shape index (κ2) is 21.8. The van der Waals surface area contributed by atoms with Crippen LogP contribution in [0.5, 0.6) is 0 Å². The largest absolute Gasteiger partial charge is 0.384 e. The molecule has 4 rings (SSSR count). The third kappa shape index (κ3) is 12.8. The summed E-state index contributed by atoms with van der Waals surface area (Å²) in [7, 11) is 1.85. The number of nitrogens with two attached hydrogens (primary N) is 2. The molecule has 2 heterocycles. The van der Waals surface area contributed by atoms with Gasteiger partial charge in [-0.2, -0.15) is 0 Å². The average molecular weight is 831 g/mol. The van der Waals surface area contributed by atoms with Crippen molar-refractivity contribution in [2.75, 3.05) is 6.54 Å². The fraction of sp³-hybridized carbons (Fsp3) is 0.600. The molecule has 0 radical (unpaired) electrons. The number of hydrogen-bond donors (Lipinski definition) is 6. The quantitative estimate of drug-likeness (QED) is 0.0536. The molecule has 2 fully saturated rings. The zero-order valence-corrected chi connectivity index (χ0v) is 36.5. The maximum Gasteiger partial charge on any atom is 0.245 e. The molecule has 6 amide bonds. The summed E-state index contributed by atoms with van der Waals surface area (Å²) in [5, 5.41) is 16.7. The van der Waals surface area contributed by atoms with E-state index in [1.807, 2.05) is 77.7 Å². The van der Waals surface area contributed by atoms with Crippen LogP contribution < -0.4 is 32.0 Å². The van der Waals surface area contributed by atoms with E-state index in [-0.39, 0.29) is 48.5 Å². The fourth-order valence-corrected chi connectivity index (χ4v) is 8.72. The molecule has 8 N–H and O–H groups in total. The Bertz CT molecular complexity index is 1830. The molecule has 1 saturated carbocycles. The second-order valence-electron chi connectivity index (χ2n) is 17.6. The molecule has 1 aromatic carbocycles. The highest BCUT2D eigenvalue weighted by atomic mass is 16.2. The third-order valence-electron chi connectivity index (χ3n) is 11.6. The van der Waals surface area contributed by atoms with Crippen LogP contribution >= 0.6 is 0 Å². The van der Waals surface area contributed by atoms with Crippen LogP contribution in [-0.2, 0) is 48.7 Å². The molecule has 328 valence electrons. The number of nitrogens with one attached hydrogen (secondary N) is 4. The van der Waals surface area contributed by atoms with Crippen molar-refractivity contribution in [2.45, 2.75) is 142 Å². The van der Waals surface area contributed by atoms with Gasteiger partial charge in [-0.05, 0) is 89.7 Å². The van der Waals surface area contributed by atoms with E-state index in [4.69, 9.17) is 16.9 Å². The van der Waals surface area contributed by atoms with Crippen molar-refractivity contribution in [1.29, 1.82) is 5.41 Å². The van der Waals surface area contributed by atoms with E-state index in [1.165, 1.54) is 4.90 Å². The Morgan fingerprint density at radius 3 is 1.98 bits per heavy atom. The van der Waals surface area contributed by atoms with Gasteiger partial charge in [0.05, 0.1) is 0 Å². The van der Waals surface area contributed by atoms with Crippen LogP contribution in [0.4, 0.5) is 0 Å². The number of aromatic nitrogens is 1. The van der Waals surface area contributed by atoms with Gasteiger partial charge in [-0.1, -0.05) is 57.4 Å². The minimum atomic E-state index is -1.18. The number of carbonyl (C=O) groups excluding carboxylic acids is 6. The smallest absolute Gasteiger partial charge is 0.245 e. The van der Waals surface area contributed by atoms with Gasteiger partial charge in [0.1, 0.15) is 43.0 Å². The highest BCUT2D eigenvalue weighted by molar-refractivity contribution is 6.03. The fourth-order valence-electron chi connectivity index (χ4n) is 8.72. The van der Waals surface area contributed by atoms with Gasteiger partial charge in [0.15, 0.2) is 12.4 Å². The van der Waals surface area contributed by atoms with Gasteiger partial charge in [0, 0.05) is 42.2 Å². The molecule has 60 heavy (non-hydrogen) atoms. The molecule has 15 nitrogen and oxygen atoms in total. The number of benzene rings is 1. The van der Waals surface area contributed by atoms with E-state index in [1.54, 1.807) is 29.2 Å². The van der Waals surface area contributed by atoms with E-state index < -0.39 is 59.6 Å². The number of aryl methyl sites for hydroxylation is 1. The Labute approximate surface area is 355 Å². The summed E-state index contributed by atoms with van der Waals surface area (Å²) in [6, 6.07) is 6.17. The van der Waals surface area contributed by atoms with Crippen molar-refractivity contribution in [1.82, 2.24) is 25.8 Å². The monoisotopic (exact) mass is 831 g/mol. The van der Waals surface area contributed by atoms with E-state index in [0.717, 1.165) is 24.8 Å². The zero-order chi connectivity index (χ0) is 44.3. The van der Waals surface area contributed by atoms with Crippen molar-refractivity contribution in [2.24, 2.45) is 36.3 Å². The van der Waals surface area contributed by atoms with Gasteiger partial charge >= 0.3 is 0 Å². The second-order valence-corrected chi connectivity index (χ2v) is 17.6. The third-order valence-corrected chi connectivity index (χ3v) is 11.6. The summed E-state index contributed by atoms with van der Waals surface area (Å²) in [6.07, 6.45) is 9.23. The Hall–Kier alpha value is -5.34. The van der Waals surface area contributed by atoms with Crippen LogP contribution in [0, 0.1) is 23.2 Å². The lowest BCUT2D eigenvalue weighted by Gasteiger charge is -2.35. The Morgan fingerprint density at radius 2 is 1.42 bits per heavy atom. The maximum atomic E-state index is 14.7. The van der Waals surface area contributed by atoms with Crippen LogP contribution in [0.25, 0.3) is 0 Å². The number of amidine groups is 1. The van der Waals surface area contributed by atoms with Gasteiger partial charge in [-0.3, -0.25) is 34.2 Å². The van der Waals surface area contributed by atoms with Crippen LogP contribution in [0.15, 0.2) is 48.8 Å². The summed E-state index contributed by atoms with van der Waals surface area (Å²) in [4.78, 5) is 87.4. The predicted octanol–water partition coefficient (Wildman–Crippen LogP) is 2.40. The van der Waals surface area contributed by atoms with Crippen molar-refractivity contribution in [3.05, 3.63) is 65.5 Å². The predicted molar refractivity (Wildman–Crippen MR) is 229 cm³/mol. The summed E-state index contributed by atoms with van der Waals surface area (Å²) >= 11 is 0. The van der Waals surface area contributed by atoms with Crippen LogP contribution in [-0.4, -0.2) is 93.9 Å². The first-order chi connectivity index (χ1) is 28.4. The van der Waals surface area contributed by atoms with Crippen LogP contribution in [0.1, 0.15) is 110 Å². The molecular weight excluding hydrogens is 763 g/mol. The van der Waals surface area contributed by atoms with Gasteiger partial charge in [0.25, 0.3) is 0 Å². The number of rotatable bonds is 19. The molecule has 1 unspecified atom stereocenters. The van der Waals surface area contributed by atoms with Crippen molar-refractivity contribution in [3.8, 4) is 0 Å². The number of primary amides is 1. The number of hydrogen-bond acceptors (Lipinski definition) is 7. The molecule has 2 aromatic rings. The minimum Gasteiger partial charge on any atom is -0.384 e. The first kappa shape index (κ1) is 47.3. The molecule has 2 aliphatic rings. The number of likely N-dealkylation sites (tertiary alicyclic amines) is 1. The van der Waals surface area contributed by atoms with Crippen LogP contribution in [0.3, 0.4) is 0 Å². The van der Waals surface area contributed by atoms with Gasteiger partial charge in [0.2, 0.25) is 35.4 Å². The maximum absolute atomic E-state index is 14.7. The van der Waals surface area contributed by atoms with Gasteiger partial charge in [-0.25, -0.2) is 4.57 Å². The molecule has 1 saturated heterocycles. The Kier molecular flexibility index (Phi) is 17.2. The average Bonchev–Trinajstić information content (AvgIpc) is 3.69. The summed E-state index contributed by atoms with van der Waals surface area (Å²) in [5.74, 6) is -4.63. The summed E-state index contributed by atoms with van der Waals surface area (Å²) in [5.41, 5.74) is 13.3. The SMILES string of the molecule is CC(C)C[C@H](NC(=O)[C@H](Cc1ccc[n+](C)c1)NC(=O)[C@@H](NC(=O)C(Cc1ccc(C(=N)N)cc1)C(=O)N(C(C)C)C(C)C)C1CCCCC1)C(=O)N1CCC[C@H]1C(N)=O. The van der Waals surface area contributed by atoms with E-state index in [9.17, 15) is 28.8 Å². The normalized spacial score (nSPS) is 17.8. The number of amides is 6. The molecule has 5 atom stereocenters. The summed E-state index contributed by atoms with van der Waals surface area (Å²) < 4.78 is 1.84. The molecule has 1 aromatic heterocycles. The number of nitrogens with zero attached hydrogens (tertiary/aromatic N) is 3. The number of pyridine rings is 1. The standard InChI is InChI=1S/C45H67N9O6/c1-27(2)23-36(45(60)53-22-12-16-37(53)40(48)55)50-42(57)35(25-31-13-11-21-52(7)26-31)49-43(58)38(32-14-9-8-10-15-32)51-41(56)34(44(59)54(28(3)4)29(5)6)24-30-17-19-33(20-18-30)39(46)47/h11,13,17-21,26-29,32,34-38H,8-10,12,14-16,22-25H2,1-7H3,(H7-,46,47,48,49,50,51,55,56,57,58)/p+1/t34?,35-,36-,37-,38-/m0/s1. The highest BCUT2D eigenvalue weighted by Gasteiger charge is 2.41. The molecule has 1 aliphatic carbocycles. The highest BCUT2D eigenvalue weighted by Crippen LogP contribution is 2.28. The molecular formula is C45H68N9O6+.